The lowest BCUT2D eigenvalue weighted by molar-refractivity contribution is -0.384. The van der Waals surface area contributed by atoms with Gasteiger partial charge in [0.25, 0.3) is 5.69 Å². The van der Waals surface area contributed by atoms with Gasteiger partial charge in [-0.25, -0.2) is 0 Å². The van der Waals surface area contributed by atoms with Gasteiger partial charge < -0.3 is 4.90 Å². The predicted molar refractivity (Wildman–Crippen MR) is 65.8 cm³/mol. The van der Waals surface area contributed by atoms with Crippen molar-refractivity contribution in [1.82, 2.24) is 0 Å². The largest absolute Gasteiger partial charge is 0.363 e. The third-order valence-corrected chi connectivity index (χ3v) is 2.48. The van der Waals surface area contributed by atoms with E-state index in [1.807, 2.05) is 18.7 Å². The first-order valence-electron chi connectivity index (χ1n) is 5.45. The van der Waals surface area contributed by atoms with Gasteiger partial charge in [0.2, 0.25) is 0 Å². The zero-order valence-electron chi connectivity index (χ0n) is 9.96. The van der Waals surface area contributed by atoms with Crippen LogP contribution in [0.4, 0.5) is 11.4 Å². The number of benzene rings is 1. The van der Waals surface area contributed by atoms with Gasteiger partial charge in [0.05, 0.1) is 17.4 Å². The standard InChI is InChI=1S/C12H15N3O2/c1-10(2)14(9-5-8-13)11-6-3-4-7-12(11)15(16)17/h3-4,6-7,10H,5,9H2,1-2H3. The molecule has 17 heavy (non-hydrogen) atoms. The number of hydrogen-bond donors (Lipinski definition) is 0. The number of nitriles is 1. The van der Waals surface area contributed by atoms with E-state index in [9.17, 15) is 10.1 Å². The van der Waals surface area contributed by atoms with Crippen LogP contribution in [-0.2, 0) is 0 Å². The van der Waals surface area contributed by atoms with Crippen LogP contribution in [0.5, 0.6) is 0 Å². The van der Waals surface area contributed by atoms with E-state index in [0.29, 0.717) is 18.7 Å². The number of hydrogen-bond acceptors (Lipinski definition) is 4. The molecule has 0 bridgehead atoms. The Morgan fingerprint density at radius 1 is 1.47 bits per heavy atom. The first kappa shape index (κ1) is 13.0. The second kappa shape index (κ2) is 5.85. The summed E-state index contributed by atoms with van der Waals surface area (Å²) < 4.78 is 0. The Hall–Kier alpha value is -2.09. The van der Waals surface area contributed by atoms with Gasteiger partial charge >= 0.3 is 0 Å². The average molecular weight is 233 g/mol. The molecule has 1 aromatic rings. The van der Waals surface area contributed by atoms with E-state index >= 15 is 0 Å². The Kier molecular flexibility index (Phi) is 4.46. The molecule has 0 saturated heterocycles. The van der Waals surface area contributed by atoms with Crippen LogP contribution >= 0.6 is 0 Å². The number of para-hydroxylation sites is 2. The predicted octanol–water partition coefficient (Wildman–Crippen LogP) is 2.72. The van der Waals surface area contributed by atoms with Crippen molar-refractivity contribution in [1.29, 1.82) is 5.26 Å². The molecule has 0 aromatic heterocycles. The van der Waals surface area contributed by atoms with Crippen LogP contribution in [0.3, 0.4) is 0 Å². The van der Waals surface area contributed by atoms with E-state index in [2.05, 4.69) is 6.07 Å². The summed E-state index contributed by atoms with van der Waals surface area (Å²) in [6, 6.07) is 8.79. The van der Waals surface area contributed by atoms with E-state index < -0.39 is 4.92 Å². The lowest BCUT2D eigenvalue weighted by atomic mass is 10.2. The summed E-state index contributed by atoms with van der Waals surface area (Å²) in [5.74, 6) is 0. The summed E-state index contributed by atoms with van der Waals surface area (Å²) in [4.78, 5) is 12.4. The maximum absolute atomic E-state index is 10.9. The maximum atomic E-state index is 10.9. The fourth-order valence-electron chi connectivity index (χ4n) is 1.69. The van der Waals surface area contributed by atoms with Gasteiger partial charge in [-0.2, -0.15) is 5.26 Å². The van der Waals surface area contributed by atoms with Crippen LogP contribution in [0.2, 0.25) is 0 Å². The summed E-state index contributed by atoms with van der Waals surface area (Å²) in [6.45, 7) is 4.40. The van der Waals surface area contributed by atoms with Crippen molar-refractivity contribution in [2.75, 3.05) is 11.4 Å². The van der Waals surface area contributed by atoms with E-state index in [4.69, 9.17) is 5.26 Å². The van der Waals surface area contributed by atoms with E-state index in [0.717, 1.165) is 0 Å². The smallest absolute Gasteiger partial charge is 0.292 e. The molecule has 0 unspecified atom stereocenters. The second-order valence-corrected chi connectivity index (χ2v) is 3.94. The third kappa shape index (κ3) is 3.18. The number of nitro benzene ring substituents is 1. The van der Waals surface area contributed by atoms with E-state index in [1.54, 1.807) is 18.2 Å². The molecule has 5 nitrogen and oxygen atoms in total. The Labute approximate surface area is 100 Å². The molecule has 0 saturated carbocycles. The van der Waals surface area contributed by atoms with Crippen molar-refractivity contribution < 1.29 is 4.92 Å². The van der Waals surface area contributed by atoms with E-state index in [-0.39, 0.29) is 11.7 Å². The fourth-order valence-corrected chi connectivity index (χ4v) is 1.69. The molecule has 1 aromatic carbocycles. The summed E-state index contributed by atoms with van der Waals surface area (Å²) in [6.07, 6.45) is 0.351. The Bertz CT molecular complexity index is 438. The first-order chi connectivity index (χ1) is 8.07. The molecule has 1 rings (SSSR count). The molecule has 0 heterocycles. The minimum absolute atomic E-state index is 0.0825. The fraction of sp³-hybridized carbons (Fsp3) is 0.417. The van der Waals surface area contributed by atoms with Gasteiger partial charge in [-0.05, 0) is 19.9 Å². The number of rotatable bonds is 5. The van der Waals surface area contributed by atoms with Crippen LogP contribution in [0.25, 0.3) is 0 Å². The SMILES string of the molecule is CC(C)N(CCC#N)c1ccccc1[N+](=O)[O-]. The summed E-state index contributed by atoms with van der Waals surface area (Å²) in [5.41, 5.74) is 0.655. The quantitative estimate of drug-likeness (QED) is 0.579. The highest BCUT2D eigenvalue weighted by Gasteiger charge is 2.20. The van der Waals surface area contributed by atoms with Crippen molar-refractivity contribution in [2.45, 2.75) is 26.3 Å². The molecule has 0 fully saturated rings. The van der Waals surface area contributed by atoms with Gasteiger partial charge in [-0.15, -0.1) is 0 Å². The molecule has 0 amide bonds. The normalized spacial score (nSPS) is 10.0. The summed E-state index contributed by atoms with van der Waals surface area (Å²) in [5, 5.41) is 19.5. The summed E-state index contributed by atoms with van der Waals surface area (Å²) in [7, 11) is 0. The lowest BCUT2D eigenvalue weighted by Crippen LogP contribution is -2.32. The number of anilines is 1. The van der Waals surface area contributed by atoms with E-state index in [1.165, 1.54) is 6.07 Å². The van der Waals surface area contributed by atoms with Gasteiger partial charge in [-0.1, -0.05) is 12.1 Å². The van der Waals surface area contributed by atoms with Gasteiger partial charge in [-0.3, -0.25) is 10.1 Å². The highest BCUT2D eigenvalue weighted by atomic mass is 16.6. The van der Waals surface area contributed by atoms with Crippen molar-refractivity contribution in [2.24, 2.45) is 0 Å². The summed E-state index contributed by atoms with van der Waals surface area (Å²) >= 11 is 0. The van der Waals surface area contributed by atoms with Crippen LogP contribution in [0, 0.1) is 21.4 Å². The zero-order chi connectivity index (χ0) is 12.8. The van der Waals surface area contributed by atoms with Gasteiger partial charge in [0, 0.05) is 18.7 Å². The minimum atomic E-state index is -0.392. The molecule has 90 valence electrons. The highest BCUT2D eigenvalue weighted by Crippen LogP contribution is 2.29. The van der Waals surface area contributed by atoms with Gasteiger partial charge in [0.1, 0.15) is 5.69 Å². The van der Waals surface area contributed by atoms with Crippen LogP contribution < -0.4 is 4.90 Å². The topological polar surface area (TPSA) is 70.2 Å². The Morgan fingerprint density at radius 3 is 2.65 bits per heavy atom. The molecule has 0 N–H and O–H groups in total. The third-order valence-electron chi connectivity index (χ3n) is 2.48. The monoisotopic (exact) mass is 233 g/mol. The Balaban J connectivity index is 3.10. The van der Waals surface area contributed by atoms with Crippen LogP contribution in [-0.4, -0.2) is 17.5 Å². The van der Waals surface area contributed by atoms with Gasteiger partial charge in [0.15, 0.2) is 0 Å². The van der Waals surface area contributed by atoms with Crippen LogP contribution in [0.15, 0.2) is 24.3 Å². The van der Waals surface area contributed by atoms with Crippen molar-refractivity contribution in [3.05, 3.63) is 34.4 Å². The molecule has 0 atom stereocenters. The molecule has 0 radical (unpaired) electrons. The number of nitro groups is 1. The molecular formula is C12H15N3O2. The first-order valence-corrected chi connectivity index (χ1v) is 5.45. The van der Waals surface area contributed by atoms with Crippen molar-refractivity contribution in [3.63, 3.8) is 0 Å². The molecule has 0 aliphatic rings. The highest BCUT2D eigenvalue weighted by molar-refractivity contribution is 5.63. The number of nitrogens with zero attached hydrogens (tertiary/aromatic N) is 3. The van der Waals surface area contributed by atoms with Crippen LogP contribution in [0.1, 0.15) is 20.3 Å². The molecule has 0 spiro atoms. The molecule has 0 aliphatic carbocycles. The molecule has 0 aliphatic heterocycles. The molecule has 5 heteroatoms. The Morgan fingerprint density at radius 2 is 2.12 bits per heavy atom. The zero-order valence-corrected chi connectivity index (χ0v) is 9.96. The van der Waals surface area contributed by atoms with Crippen molar-refractivity contribution in [3.8, 4) is 6.07 Å². The second-order valence-electron chi connectivity index (χ2n) is 3.94. The van der Waals surface area contributed by atoms with Crippen molar-refractivity contribution >= 4 is 11.4 Å². The minimum Gasteiger partial charge on any atom is -0.363 e. The lowest BCUT2D eigenvalue weighted by Gasteiger charge is -2.27. The maximum Gasteiger partial charge on any atom is 0.292 e. The molecular weight excluding hydrogens is 218 g/mol. The average Bonchev–Trinajstić information content (AvgIpc) is 2.29.